The second-order valence-electron chi connectivity index (χ2n) is 4.64. The van der Waals surface area contributed by atoms with Gasteiger partial charge in [-0.25, -0.2) is 9.97 Å². The molecule has 0 saturated carbocycles. The smallest absolute Gasteiger partial charge is 0.236 e. The van der Waals surface area contributed by atoms with E-state index in [1.54, 1.807) is 11.3 Å². The largest absolute Gasteiger partial charge is 0.301 e. The lowest BCUT2D eigenvalue weighted by atomic mass is 10.2. The number of amides is 1. The lowest BCUT2D eigenvalue weighted by Gasteiger charge is -1.99. The standard InChI is InChI=1S/C15H12BrN3OS3/c1-9-6-21-14(17-9)19-13(20)8-23-15-18-12(7-22-15)10-2-4-11(16)5-3-10/h2-7H,8H2,1H3,(H,17,19,20). The number of aromatic nitrogens is 2. The van der Waals surface area contributed by atoms with Gasteiger partial charge in [0.05, 0.1) is 17.1 Å². The highest BCUT2D eigenvalue weighted by Gasteiger charge is 2.09. The molecule has 1 N–H and O–H groups in total. The van der Waals surface area contributed by atoms with E-state index in [0.717, 1.165) is 25.8 Å². The number of halogens is 1. The van der Waals surface area contributed by atoms with Crippen molar-refractivity contribution in [1.82, 2.24) is 9.97 Å². The van der Waals surface area contributed by atoms with Crippen LogP contribution in [0, 0.1) is 6.92 Å². The summed E-state index contributed by atoms with van der Waals surface area (Å²) in [7, 11) is 0. The zero-order chi connectivity index (χ0) is 16.2. The molecule has 0 aliphatic rings. The van der Waals surface area contributed by atoms with Crippen molar-refractivity contribution in [3.05, 3.63) is 45.2 Å². The number of nitrogens with zero attached hydrogens (tertiary/aromatic N) is 2. The molecule has 3 aromatic rings. The van der Waals surface area contributed by atoms with E-state index in [1.165, 1.54) is 23.1 Å². The predicted octanol–water partition coefficient (Wildman–Crippen LogP) is 5.07. The van der Waals surface area contributed by atoms with Gasteiger partial charge in [-0.3, -0.25) is 4.79 Å². The summed E-state index contributed by atoms with van der Waals surface area (Å²) in [5, 5.41) is 7.36. The van der Waals surface area contributed by atoms with Crippen LogP contribution in [0.15, 0.2) is 43.8 Å². The van der Waals surface area contributed by atoms with Crippen LogP contribution < -0.4 is 5.32 Å². The van der Waals surface area contributed by atoms with Crippen molar-refractivity contribution in [2.45, 2.75) is 11.3 Å². The SMILES string of the molecule is Cc1csc(NC(=O)CSc2nc(-c3ccc(Br)cc3)cs2)n1. The zero-order valence-corrected chi connectivity index (χ0v) is 16.1. The monoisotopic (exact) mass is 425 g/mol. The number of rotatable bonds is 5. The Morgan fingerprint density at radius 1 is 1.22 bits per heavy atom. The van der Waals surface area contributed by atoms with Crippen LogP contribution in [0.2, 0.25) is 0 Å². The van der Waals surface area contributed by atoms with Crippen LogP contribution in [0.5, 0.6) is 0 Å². The van der Waals surface area contributed by atoms with Crippen LogP contribution in [0.3, 0.4) is 0 Å². The summed E-state index contributed by atoms with van der Waals surface area (Å²) in [4.78, 5) is 20.7. The van der Waals surface area contributed by atoms with Gasteiger partial charge in [-0.05, 0) is 19.1 Å². The van der Waals surface area contributed by atoms with Crippen molar-refractivity contribution in [2.24, 2.45) is 0 Å². The van der Waals surface area contributed by atoms with Crippen LogP contribution in [0.1, 0.15) is 5.69 Å². The van der Waals surface area contributed by atoms with E-state index < -0.39 is 0 Å². The van der Waals surface area contributed by atoms with Gasteiger partial charge in [0.1, 0.15) is 0 Å². The van der Waals surface area contributed by atoms with E-state index in [0.29, 0.717) is 10.9 Å². The lowest BCUT2D eigenvalue weighted by Crippen LogP contribution is -2.13. The molecule has 0 aliphatic carbocycles. The molecule has 0 unspecified atom stereocenters. The van der Waals surface area contributed by atoms with Gasteiger partial charge in [-0.15, -0.1) is 22.7 Å². The molecule has 0 saturated heterocycles. The van der Waals surface area contributed by atoms with Crippen molar-refractivity contribution in [3.63, 3.8) is 0 Å². The van der Waals surface area contributed by atoms with Crippen LogP contribution in [-0.4, -0.2) is 21.6 Å². The van der Waals surface area contributed by atoms with Gasteiger partial charge >= 0.3 is 0 Å². The summed E-state index contributed by atoms with van der Waals surface area (Å²) in [5.41, 5.74) is 2.91. The van der Waals surface area contributed by atoms with E-state index in [1.807, 2.05) is 41.9 Å². The highest BCUT2D eigenvalue weighted by Crippen LogP contribution is 2.29. The number of anilines is 1. The number of aryl methyl sites for hydroxylation is 1. The van der Waals surface area contributed by atoms with Gasteiger partial charge in [-0.2, -0.15) is 0 Å². The second-order valence-corrected chi connectivity index (χ2v) is 8.49. The molecule has 8 heteroatoms. The third-order valence-electron chi connectivity index (χ3n) is 2.82. The first-order chi connectivity index (χ1) is 11.1. The topological polar surface area (TPSA) is 54.9 Å². The minimum atomic E-state index is -0.0651. The molecule has 23 heavy (non-hydrogen) atoms. The number of carbonyl (C=O) groups excluding carboxylic acids is 1. The third-order valence-corrected chi connectivity index (χ3v) is 6.24. The van der Waals surface area contributed by atoms with E-state index in [2.05, 4.69) is 31.2 Å². The van der Waals surface area contributed by atoms with Crippen LogP contribution in [0.25, 0.3) is 11.3 Å². The van der Waals surface area contributed by atoms with E-state index in [-0.39, 0.29) is 5.91 Å². The molecular weight excluding hydrogens is 414 g/mol. The molecule has 118 valence electrons. The summed E-state index contributed by atoms with van der Waals surface area (Å²) in [6, 6.07) is 8.02. The lowest BCUT2D eigenvalue weighted by molar-refractivity contribution is -0.113. The third kappa shape index (κ3) is 4.63. The molecule has 0 atom stereocenters. The second kappa shape index (κ2) is 7.57. The Balaban J connectivity index is 1.56. The molecule has 2 aromatic heterocycles. The van der Waals surface area contributed by atoms with Gasteiger partial charge in [0.15, 0.2) is 9.47 Å². The number of hydrogen-bond acceptors (Lipinski definition) is 6. The Labute approximate surface area is 154 Å². The number of benzene rings is 1. The quantitative estimate of drug-likeness (QED) is 0.579. The molecule has 2 heterocycles. The minimum Gasteiger partial charge on any atom is -0.301 e. The van der Waals surface area contributed by atoms with Gasteiger partial charge < -0.3 is 5.32 Å². The van der Waals surface area contributed by atoms with Gasteiger partial charge in [0, 0.05) is 20.8 Å². The first kappa shape index (κ1) is 16.6. The fourth-order valence-electron chi connectivity index (χ4n) is 1.77. The maximum absolute atomic E-state index is 11.9. The number of thioether (sulfide) groups is 1. The summed E-state index contributed by atoms with van der Waals surface area (Å²) < 4.78 is 1.92. The molecule has 3 rings (SSSR count). The zero-order valence-electron chi connectivity index (χ0n) is 12.1. The number of carbonyl (C=O) groups is 1. The van der Waals surface area contributed by atoms with Crippen molar-refractivity contribution < 1.29 is 4.79 Å². The molecule has 0 bridgehead atoms. The summed E-state index contributed by atoms with van der Waals surface area (Å²) in [6.07, 6.45) is 0. The highest BCUT2D eigenvalue weighted by atomic mass is 79.9. The first-order valence-electron chi connectivity index (χ1n) is 6.66. The normalized spacial score (nSPS) is 10.7. The van der Waals surface area contributed by atoms with Gasteiger partial charge in [-0.1, -0.05) is 39.8 Å². The fraction of sp³-hybridized carbons (Fsp3) is 0.133. The summed E-state index contributed by atoms with van der Waals surface area (Å²) in [6.45, 7) is 1.90. The van der Waals surface area contributed by atoms with E-state index in [4.69, 9.17) is 0 Å². The Morgan fingerprint density at radius 2 is 2.00 bits per heavy atom. The average Bonchev–Trinajstić information content (AvgIpc) is 3.15. The van der Waals surface area contributed by atoms with Crippen LogP contribution in [0.4, 0.5) is 5.13 Å². The van der Waals surface area contributed by atoms with Gasteiger partial charge in [0.25, 0.3) is 0 Å². The molecule has 1 aromatic carbocycles. The molecule has 0 fully saturated rings. The first-order valence-corrected chi connectivity index (χ1v) is 10.2. The number of nitrogens with one attached hydrogen (secondary N) is 1. The van der Waals surface area contributed by atoms with Crippen molar-refractivity contribution in [1.29, 1.82) is 0 Å². The molecule has 1 amide bonds. The predicted molar refractivity (Wildman–Crippen MR) is 101 cm³/mol. The van der Waals surface area contributed by atoms with Crippen LogP contribution >= 0.6 is 50.4 Å². The Bertz CT molecular complexity index is 813. The highest BCUT2D eigenvalue weighted by molar-refractivity contribution is 9.10. The molecular formula is C15H12BrN3OS3. The average molecular weight is 426 g/mol. The molecule has 0 radical (unpaired) electrons. The van der Waals surface area contributed by atoms with E-state index >= 15 is 0 Å². The number of hydrogen-bond donors (Lipinski definition) is 1. The molecule has 0 spiro atoms. The minimum absolute atomic E-state index is 0.0651. The Morgan fingerprint density at radius 3 is 2.70 bits per heavy atom. The molecule has 0 aliphatic heterocycles. The maximum Gasteiger partial charge on any atom is 0.236 e. The number of thiazole rings is 2. The van der Waals surface area contributed by atoms with Crippen molar-refractivity contribution in [2.75, 3.05) is 11.1 Å². The maximum atomic E-state index is 11.9. The Hall–Kier alpha value is -1.22. The van der Waals surface area contributed by atoms with Gasteiger partial charge in [0.2, 0.25) is 5.91 Å². The Kier molecular flexibility index (Phi) is 5.47. The van der Waals surface area contributed by atoms with E-state index in [9.17, 15) is 4.79 Å². The summed E-state index contributed by atoms with van der Waals surface area (Å²) in [5.74, 6) is 0.260. The van der Waals surface area contributed by atoms with Crippen molar-refractivity contribution in [3.8, 4) is 11.3 Å². The summed E-state index contributed by atoms with van der Waals surface area (Å²) >= 11 is 7.84. The van der Waals surface area contributed by atoms with Crippen molar-refractivity contribution >= 4 is 61.4 Å². The fourth-order valence-corrected chi connectivity index (χ4v) is 4.37. The van der Waals surface area contributed by atoms with Crippen LogP contribution in [-0.2, 0) is 4.79 Å². The molecule has 4 nitrogen and oxygen atoms in total.